The molecule has 2 N–H and O–H groups in total. The average molecular weight is 669 g/mol. The van der Waals surface area contributed by atoms with Crippen molar-refractivity contribution < 1.29 is 10.2 Å². The molecule has 5 heteroatoms. The van der Waals surface area contributed by atoms with E-state index in [0.717, 1.165) is 71.3 Å². The molecule has 8 aromatic carbocycles. The first kappa shape index (κ1) is 28.7. The second kappa shape index (κ2) is 10.5. The Balaban J connectivity index is 1.43. The Morgan fingerprint density at radius 3 is 1.60 bits per heavy atom. The molecule has 5 nitrogen and oxygen atoms in total. The molecule has 0 unspecified atom stereocenters. The number of hydrogen-bond donors (Lipinski definition) is 2. The lowest BCUT2D eigenvalue weighted by Crippen LogP contribution is -2.15. The number of benzene rings is 8. The number of hydrogen-bond acceptors (Lipinski definition) is 3. The summed E-state index contributed by atoms with van der Waals surface area (Å²) in [6.45, 7) is 0. The van der Waals surface area contributed by atoms with Gasteiger partial charge in [-0.3, -0.25) is 4.79 Å². The van der Waals surface area contributed by atoms with Crippen LogP contribution in [-0.4, -0.2) is 19.2 Å². The first-order valence-electron chi connectivity index (χ1n) is 17.3. The van der Waals surface area contributed by atoms with Crippen LogP contribution in [0.4, 0.5) is 0 Å². The van der Waals surface area contributed by atoms with Crippen molar-refractivity contribution in [2.45, 2.75) is 0 Å². The molecule has 3 aromatic heterocycles. The van der Waals surface area contributed by atoms with Crippen molar-refractivity contribution in [2.75, 3.05) is 0 Å². The summed E-state index contributed by atoms with van der Waals surface area (Å²) in [5.74, 6) is -0.163. The summed E-state index contributed by atoms with van der Waals surface area (Å²) in [4.78, 5) is 14.4. The summed E-state index contributed by atoms with van der Waals surface area (Å²) in [5, 5.41) is 31.7. The normalized spacial score (nSPS) is 12.1. The third kappa shape index (κ3) is 3.79. The van der Waals surface area contributed by atoms with Gasteiger partial charge in [0.1, 0.15) is 5.75 Å². The number of phenols is 1. The zero-order valence-corrected chi connectivity index (χ0v) is 27.7. The number of para-hydroxylation sites is 2. The largest absolute Gasteiger partial charge is 0.507 e. The fraction of sp³-hybridized carbons (Fsp3) is 0. The Hall–Kier alpha value is -7.11. The maximum atomic E-state index is 14.4. The molecular formula is C47H28N2O3. The fourth-order valence-electron chi connectivity index (χ4n) is 8.56. The molecule has 11 aromatic rings. The van der Waals surface area contributed by atoms with Crippen molar-refractivity contribution in [1.29, 1.82) is 0 Å². The highest BCUT2D eigenvalue weighted by Gasteiger charge is 2.26. The lowest BCUT2D eigenvalue weighted by molar-refractivity contribution is 0.444. The molecule has 0 fully saturated rings. The van der Waals surface area contributed by atoms with Crippen LogP contribution < -0.4 is 5.56 Å². The van der Waals surface area contributed by atoms with E-state index in [0.29, 0.717) is 27.1 Å². The Kier molecular flexibility index (Phi) is 5.77. The van der Waals surface area contributed by atoms with E-state index in [2.05, 4.69) is 95.6 Å². The Morgan fingerprint density at radius 1 is 0.404 bits per heavy atom. The van der Waals surface area contributed by atoms with Crippen LogP contribution >= 0.6 is 0 Å². The maximum Gasteiger partial charge on any atom is 0.265 e. The second-order valence-electron chi connectivity index (χ2n) is 13.6. The molecule has 3 heterocycles. The first-order chi connectivity index (χ1) is 25.6. The minimum Gasteiger partial charge on any atom is -0.507 e. The van der Waals surface area contributed by atoms with Gasteiger partial charge in [0.2, 0.25) is 0 Å². The highest BCUT2D eigenvalue weighted by atomic mass is 16.3. The van der Waals surface area contributed by atoms with Crippen LogP contribution in [0.3, 0.4) is 0 Å². The van der Waals surface area contributed by atoms with Gasteiger partial charge in [-0.05, 0) is 75.5 Å². The van der Waals surface area contributed by atoms with Crippen molar-refractivity contribution in [3.63, 3.8) is 0 Å². The summed E-state index contributed by atoms with van der Waals surface area (Å²) in [5.41, 5.74) is 7.35. The predicted molar refractivity (Wildman–Crippen MR) is 213 cm³/mol. The molecule has 0 saturated carbocycles. The van der Waals surface area contributed by atoms with Crippen LogP contribution in [0.25, 0.3) is 98.4 Å². The zero-order chi connectivity index (χ0) is 34.7. The third-order valence-electron chi connectivity index (χ3n) is 10.9. The van der Waals surface area contributed by atoms with Gasteiger partial charge < -0.3 is 14.8 Å². The SMILES string of the molecule is O=c1c2ccc(-c3ccccc3)cc2c2cc(-n3c4ccccc4c4ccccc43)c3c4cc(-c5ccccc5)ccc4c(O)c4cc(O)n1c2c43. The number of fused-ring (bicyclic) bond motifs is 7. The minimum atomic E-state index is -0.315. The first-order valence-corrected chi connectivity index (χ1v) is 17.3. The van der Waals surface area contributed by atoms with Crippen LogP contribution in [-0.2, 0) is 0 Å². The van der Waals surface area contributed by atoms with Gasteiger partial charge >= 0.3 is 0 Å². The highest BCUT2D eigenvalue weighted by molar-refractivity contribution is 6.32. The third-order valence-corrected chi connectivity index (χ3v) is 10.9. The van der Waals surface area contributed by atoms with Crippen LogP contribution in [0, 0.1) is 0 Å². The van der Waals surface area contributed by atoms with Crippen molar-refractivity contribution in [3.05, 3.63) is 168 Å². The summed E-state index contributed by atoms with van der Waals surface area (Å²) in [6.07, 6.45) is 0. The van der Waals surface area contributed by atoms with Gasteiger partial charge in [0.15, 0.2) is 5.88 Å². The van der Waals surface area contributed by atoms with E-state index in [9.17, 15) is 15.0 Å². The summed E-state index contributed by atoms with van der Waals surface area (Å²) in [7, 11) is 0. The van der Waals surface area contributed by atoms with Gasteiger partial charge in [-0.1, -0.05) is 109 Å². The Morgan fingerprint density at radius 2 is 0.962 bits per heavy atom. The number of nitrogens with zero attached hydrogens (tertiary/aromatic N) is 2. The molecule has 0 aliphatic rings. The van der Waals surface area contributed by atoms with Gasteiger partial charge in [-0.15, -0.1) is 0 Å². The van der Waals surface area contributed by atoms with E-state index in [-0.39, 0.29) is 17.2 Å². The smallest absolute Gasteiger partial charge is 0.265 e. The van der Waals surface area contributed by atoms with Gasteiger partial charge in [0, 0.05) is 49.2 Å². The van der Waals surface area contributed by atoms with E-state index < -0.39 is 0 Å². The molecule has 0 aliphatic carbocycles. The maximum absolute atomic E-state index is 14.4. The molecule has 11 rings (SSSR count). The van der Waals surface area contributed by atoms with E-state index >= 15 is 0 Å². The van der Waals surface area contributed by atoms with Crippen LogP contribution in [0.2, 0.25) is 0 Å². The Bertz CT molecular complexity index is 3270. The van der Waals surface area contributed by atoms with E-state index in [4.69, 9.17) is 0 Å². The fourth-order valence-corrected chi connectivity index (χ4v) is 8.56. The monoisotopic (exact) mass is 668 g/mol. The van der Waals surface area contributed by atoms with Gasteiger partial charge in [0.25, 0.3) is 5.56 Å². The summed E-state index contributed by atoms with van der Waals surface area (Å²) in [6, 6.07) is 53.0. The second-order valence-corrected chi connectivity index (χ2v) is 13.6. The molecule has 0 aliphatic heterocycles. The Labute approximate surface area is 296 Å². The molecule has 52 heavy (non-hydrogen) atoms. The predicted octanol–water partition coefficient (Wildman–Crippen LogP) is 11.2. The van der Waals surface area contributed by atoms with Crippen molar-refractivity contribution in [2.24, 2.45) is 0 Å². The minimum absolute atomic E-state index is 0.0613. The number of phenolic OH excluding ortho intramolecular Hbond substituents is 1. The van der Waals surface area contributed by atoms with E-state index in [1.165, 1.54) is 10.5 Å². The van der Waals surface area contributed by atoms with Gasteiger partial charge in [-0.25, -0.2) is 4.40 Å². The van der Waals surface area contributed by atoms with Crippen LogP contribution in [0.5, 0.6) is 11.6 Å². The molecule has 244 valence electrons. The topological polar surface area (TPSA) is 66.9 Å². The van der Waals surface area contributed by atoms with Crippen molar-refractivity contribution in [3.8, 4) is 39.6 Å². The van der Waals surface area contributed by atoms with Crippen LogP contribution in [0.15, 0.2) is 163 Å². The summed E-state index contributed by atoms with van der Waals surface area (Å²) < 4.78 is 3.73. The average Bonchev–Trinajstić information content (AvgIpc) is 3.53. The van der Waals surface area contributed by atoms with E-state index in [1.807, 2.05) is 60.7 Å². The molecule has 0 saturated heterocycles. The van der Waals surface area contributed by atoms with E-state index in [1.54, 1.807) is 0 Å². The number of aromatic nitrogens is 2. The van der Waals surface area contributed by atoms with Crippen molar-refractivity contribution >= 4 is 70.4 Å². The molecule has 0 bridgehead atoms. The van der Waals surface area contributed by atoms with Crippen LogP contribution in [0.1, 0.15) is 0 Å². The molecule has 0 amide bonds. The molecular weight excluding hydrogens is 641 g/mol. The van der Waals surface area contributed by atoms with Gasteiger partial charge in [0.05, 0.1) is 22.2 Å². The standard InChI is InChI=1S/C47H28N2O3/c50-42-26-38-44-43(36-24-30(19-21-33(36)46(38)51)28-13-5-2-6-14-28)41(48-39-17-9-7-15-31(39)32-16-8-10-18-40(32)48)25-37-35-23-29(27-11-3-1-4-12-27)20-22-34(35)47(52)49(42)45(37)44/h1-26,50-51H. The zero-order valence-electron chi connectivity index (χ0n) is 27.7. The lowest BCUT2D eigenvalue weighted by Gasteiger charge is -2.22. The molecule has 0 spiro atoms. The lowest BCUT2D eigenvalue weighted by atomic mass is 9.89. The quantitative estimate of drug-likeness (QED) is 0.145. The van der Waals surface area contributed by atoms with Crippen molar-refractivity contribution in [1.82, 2.24) is 8.97 Å². The summed E-state index contributed by atoms with van der Waals surface area (Å²) >= 11 is 0. The highest BCUT2D eigenvalue weighted by Crippen LogP contribution is 2.49. The number of rotatable bonds is 3. The molecule has 0 radical (unpaired) electrons. The number of aromatic hydroxyl groups is 2. The number of pyridine rings is 2. The van der Waals surface area contributed by atoms with Gasteiger partial charge in [-0.2, -0.15) is 0 Å². The molecule has 0 atom stereocenters.